The van der Waals surface area contributed by atoms with E-state index in [9.17, 15) is 4.79 Å². The van der Waals surface area contributed by atoms with Crippen molar-refractivity contribution >= 4 is 17.0 Å². The second-order valence-corrected chi connectivity index (χ2v) is 7.69. The first-order chi connectivity index (χ1) is 15.2. The molecule has 1 saturated carbocycles. The first-order valence-electron chi connectivity index (χ1n) is 10.7. The minimum Gasteiger partial charge on any atom is -0.465 e. The number of aromatic nitrogens is 4. The summed E-state index contributed by atoms with van der Waals surface area (Å²) < 4.78 is 2.12. The van der Waals surface area contributed by atoms with E-state index in [-0.39, 0.29) is 0 Å². The summed E-state index contributed by atoms with van der Waals surface area (Å²) in [5.41, 5.74) is 5.93. The number of hydrogen-bond acceptors (Lipinski definition) is 3. The Hall–Kier alpha value is -3.61. The van der Waals surface area contributed by atoms with Crippen LogP contribution in [0.3, 0.4) is 0 Å². The highest BCUT2D eigenvalue weighted by Gasteiger charge is 2.21. The molecular weight excluding hydrogens is 390 g/mol. The summed E-state index contributed by atoms with van der Waals surface area (Å²) in [5.74, 6) is 0. The Bertz CT molecular complexity index is 1140. The van der Waals surface area contributed by atoms with Crippen molar-refractivity contribution in [1.29, 1.82) is 0 Å². The number of aromatic amines is 1. The van der Waals surface area contributed by atoms with Crippen molar-refractivity contribution in [3.05, 3.63) is 60.9 Å². The van der Waals surface area contributed by atoms with Gasteiger partial charge in [-0.05, 0) is 48.4 Å². The van der Waals surface area contributed by atoms with E-state index in [1.807, 2.05) is 12.4 Å². The highest BCUT2D eigenvalue weighted by Crippen LogP contribution is 2.33. The van der Waals surface area contributed by atoms with Crippen molar-refractivity contribution in [3.63, 3.8) is 0 Å². The first kappa shape index (κ1) is 20.7. The summed E-state index contributed by atoms with van der Waals surface area (Å²) in [6, 6.07) is 17.9. The van der Waals surface area contributed by atoms with Gasteiger partial charge in [0.2, 0.25) is 0 Å². The lowest BCUT2D eigenvalue weighted by Gasteiger charge is -2.13. The van der Waals surface area contributed by atoms with Crippen LogP contribution in [0, 0.1) is 0 Å². The van der Waals surface area contributed by atoms with Gasteiger partial charge in [0.1, 0.15) is 0 Å². The van der Waals surface area contributed by atoms with Gasteiger partial charge in [0.15, 0.2) is 0 Å². The van der Waals surface area contributed by atoms with E-state index in [4.69, 9.17) is 5.11 Å². The zero-order valence-electron chi connectivity index (χ0n) is 17.6. The van der Waals surface area contributed by atoms with Crippen LogP contribution in [0.25, 0.3) is 33.3 Å². The summed E-state index contributed by atoms with van der Waals surface area (Å²) in [6.07, 6.45) is 7.92. The molecule has 1 amide bonds. The van der Waals surface area contributed by atoms with Crippen LogP contribution in [-0.4, -0.2) is 37.7 Å². The molecule has 0 spiro atoms. The maximum absolute atomic E-state index is 9.49. The second-order valence-electron chi connectivity index (χ2n) is 7.69. The van der Waals surface area contributed by atoms with E-state index in [2.05, 4.69) is 73.8 Å². The van der Waals surface area contributed by atoms with Gasteiger partial charge in [0.25, 0.3) is 0 Å². The number of H-pyrrole nitrogens is 1. The molecule has 0 aliphatic heterocycles. The zero-order chi connectivity index (χ0) is 21.6. The molecule has 2 aromatic heterocycles. The van der Waals surface area contributed by atoms with Crippen LogP contribution in [0.1, 0.15) is 38.6 Å². The van der Waals surface area contributed by atoms with Gasteiger partial charge in [-0.15, -0.1) is 5.10 Å². The van der Waals surface area contributed by atoms with Gasteiger partial charge in [-0.25, -0.2) is 9.48 Å². The third-order valence-electron chi connectivity index (χ3n) is 5.64. The molecule has 2 aromatic carbocycles. The molecule has 0 radical (unpaired) electrons. The van der Waals surface area contributed by atoms with Gasteiger partial charge in [-0.2, -0.15) is 0 Å². The van der Waals surface area contributed by atoms with Crippen LogP contribution < -0.4 is 5.32 Å². The molecule has 1 aliphatic carbocycles. The van der Waals surface area contributed by atoms with Crippen LogP contribution in [0.2, 0.25) is 0 Å². The van der Waals surface area contributed by atoms with Crippen molar-refractivity contribution in [2.45, 2.75) is 38.6 Å². The minimum absolute atomic E-state index is 0.481. The summed E-state index contributed by atoms with van der Waals surface area (Å²) in [5, 5.41) is 19.7. The Labute approximate surface area is 181 Å². The number of fused-ring (bicyclic) bond motifs is 1. The lowest BCUT2D eigenvalue weighted by atomic mass is 10.0. The number of hydrogen-bond donors (Lipinski definition) is 3. The number of nitrogens with one attached hydrogen (secondary N) is 2. The number of carboxylic acid groups (broad SMARTS) is 1. The second kappa shape index (κ2) is 9.47. The Balaban J connectivity index is 0.000000342. The Morgan fingerprint density at radius 1 is 1.10 bits per heavy atom. The van der Waals surface area contributed by atoms with Crippen LogP contribution in [0.4, 0.5) is 4.79 Å². The molecule has 0 bridgehead atoms. The van der Waals surface area contributed by atoms with Gasteiger partial charge in [-0.1, -0.05) is 54.5 Å². The molecule has 0 unspecified atom stereocenters. The number of rotatable bonds is 4. The van der Waals surface area contributed by atoms with Crippen molar-refractivity contribution in [2.24, 2.45) is 0 Å². The molecule has 160 valence electrons. The lowest BCUT2D eigenvalue weighted by Crippen LogP contribution is -2.19. The number of benzene rings is 2. The summed E-state index contributed by atoms with van der Waals surface area (Å²) in [6.45, 7) is 2.21. The summed E-state index contributed by atoms with van der Waals surface area (Å²) >= 11 is 0. The van der Waals surface area contributed by atoms with E-state index in [0.717, 1.165) is 5.69 Å². The lowest BCUT2D eigenvalue weighted by molar-refractivity contribution is 0.195. The van der Waals surface area contributed by atoms with Crippen molar-refractivity contribution in [1.82, 2.24) is 25.3 Å². The third kappa shape index (κ3) is 4.77. The van der Waals surface area contributed by atoms with Crippen LogP contribution in [0.15, 0.2) is 60.9 Å². The van der Waals surface area contributed by atoms with Crippen LogP contribution >= 0.6 is 0 Å². The molecule has 4 aromatic rings. The van der Waals surface area contributed by atoms with Gasteiger partial charge in [0, 0.05) is 23.8 Å². The minimum atomic E-state index is -0.961. The Morgan fingerprint density at radius 2 is 1.81 bits per heavy atom. The van der Waals surface area contributed by atoms with Gasteiger partial charge < -0.3 is 15.4 Å². The third-order valence-corrected chi connectivity index (χ3v) is 5.64. The standard InChI is InChI=1S/C21H20N4.C3H7NO2/c1-2-4-19(3-1)25-21(14-23-24-25)17-8-5-15(6-9-17)18-10-7-16-11-12-22-20(16)13-18;1-2-4-3(5)6/h5-14,19,22H,1-4H2;4H,2H2,1H3,(H,5,6). The summed E-state index contributed by atoms with van der Waals surface area (Å²) in [4.78, 5) is 12.8. The molecule has 0 atom stereocenters. The molecule has 31 heavy (non-hydrogen) atoms. The number of carbonyl (C=O) groups is 1. The number of amides is 1. The molecule has 1 fully saturated rings. The molecule has 3 N–H and O–H groups in total. The fourth-order valence-electron chi connectivity index (χ4n) is 4.08. The topological polar surface area (TPSA) is 95.8 Å². The molecule has 7 heteroatoms. The molecule has 2 heterocycles. The van der Waals surface area contributed by atoms with E-state index >= 15 is 0 Å². The van der Waals surface area contributed by atoms with Gasteiger partial charge >= 0.3 is 6.09 Å². The average molecular weight is 418 g/mol. The van der Waals surface area contributed by atoms with Crippen molar-refractivity contribution in [3.8, 4) is 22.4 Å². The predicted octanol–water partition coefficient (Wildman–Crippen LogP) is 5.48. The largest absolute Gasteiger partial charge is 0.465 e. The van der Waals surface area contributed by atoms with E-state index in [1.54, 1.807) is 6.92 Å². The monoisotopic (exact) mass is 417 g/mol. The molecule has 1 aliphatic rings. The quantitative estimate of drug-likeness (QED) is 0.409. The Kier molecular flexibility index (Phi) is 6.31. The average Bonchev–Trinajstić information content (AvgIpc) is 3.55. The molecule has 7 nitrogen and oxygen atoms in total. The zero-order valence-corrected chi connectivity index (χ0v) is 17.6. The maximum Gasteiger partial charge on any atom is 0.404 e. The predicted molar refractivity (Wildman–Crippen MR) is 122 cm³/mol. The fraction of sp³-hybridized carbons (Fsp3) is 0.292. The highest BCUT2D eigenvalue weighted by atomic mass is 16.4. The molecule has 5 rings (SSSR count). The van der Waals surface area contributed by atoms with Crippen LogP contribution in [-0.2, 0) is 0 Å². The number of nitrogens with zero attached hydrogens (tertiary/aromatic N) is 3. The first-order valence-corrected chi connectivity index (χ1v) is 10.7. The van der Waals surface area contributed by atoms with Gasteiger partial charge in [-0.3, -0.25) is 0 Å². The van der Waals surface area contributed by atoms with Gasteiger partial charge in [0.05, 0.1) is 17.9 Å². The van der Waals surface area contributed by atoms with E-state index in [0.29, 0.717) is 12.6 Å². The van der Waals surface area contributed by atoms with Crippen molar-refractivity contribution in [2.75, 3.05) is 6.54 Å². The molecular formula is C24H27N5O2. The van der Waals surface area contributed by atoms with E-state index < -0.39 is 6.09 Å². The SMILES string of the molecule is CCNC(=O)O.c1cc2ccc(-c3ccc(-c4cnnn4C4CCCC4)cc3)cc2[nH]1. The Morgan fingerprint density at radius 3 is 2.48 bits per heavy atom. The smallest absolute Gasteiger partial charge is 0.404 e. The fourth-order valence-corrected chi connectivity index (χ4v) is 4.08. The normalized spacial score (nSPS) is 13.7. The molecule has 0 saturated heterocycles. The van der Waals surface area contributed by atoms with Crippen molar-refractivity contribution < 1.29 is 9.90 Å². The summed E-state index contributed by atoms with van der Waals surface area (Å²) in [7, 11) is 0. The highest BCUT2D eigenvalue weighted by molar-refractivity contribution is 5.85. The van der Waals surface area contributed by atoms with E-state index in [1.165, 1.54) is 53.3 Å². The van der Waals surface area contributed by atoms with Crippen LogP contribution in [0.5, 0.6) is 0 Å². The maximum atomic E-state index is 9.49.